The molecule has 1 rings (SSSR count). The zero-order chi connectivity index (χ0) is 14.4. The third kappa shape index (κ3) is 5.70. The van der Waals surface area contributed by atoms with Crippen molar-refractivity contribution in [3.05, 3.63) is 35.1 Å². The fraction of sp³-hybridized carbons (Fsp3) is 0.625. The number of rotatable bonds is 7. The molecule has 0 aliphatic carbocycles. The third-order valence-corrected chi connectivity index (χ3v) is 3.48. The van der Waals surface area contributed by atoms with E-state index in [1.165, 1.54) is 12.5 Å². The molecular formula is C16H27FN2. The minimum Gasteiger partial charge on any atom is -0.311 e. The van der Waals surface area contributed by atoms with Gasteiger partial charge in [-0.3, -0.25) is 0 Å². The van der Waals surface area contributed by atoms with Crippen molar-refractivity contribution in [3.63, 3.8) is 0 Å². The average molecular weight is 266 g/mol. The quantitative estimate of drug-likeness (QED) is 0.815. The molecule has 108 valence electrons. The lowest BCUT2D eigenvalue weighted by atomic mass is 10.0. The van der Waals surface area contributed by atoms with E-state index in [1.54, 1.807) is 6.07 Å². The summed E-state index contributed by atoms with van der Waals surface area (Å²) in [7, 11) is 4.23. The van der Waals surface area contributed by atoms with Gasteiger partial charge in [0.05, 0.1) is 0 Å². The van der Waals surface area contributed by atoms with Gasteiger partial charge in [-0.25, -0.2) is 4.39 Å². The first kappa shape index (κ1) is 16.1. The molecule has 1 aromatic rings. The Morgan fingerprint density at radius 1 is 1.26 bits per heavy atom. The lowest BCUT2D eigenvalue weighted by Gasteiger charge is -2.26. The maximum absolute atomic E-state index is 13.2. The van der Waals surface area contributed by atoms with Gasteiger partial charge in [-0.2, -0.15) is 0 Å². The third-order valence-electron chi connectivity index (χ3n) is 3.48. The van der Waals surface area contributed by atoms with Gasteiger partial charge in [0.2, 0.25) is 0 Å². The highest BCUT2D eigenvalue weighted by atomic mass is 19.1. The number of hydrogen-bond donors (Lipinski definition) is 1. The van der Waals surface area contributed by atoms with Crippen LogP contribution >= 0.6 is 0 Å². The van der Waals surface area contributed by atoms with Crippen LogP contribution in [0.2, 0.25) is 0 Å². The number of halogens is 1. The van der Waals surface area contributed by atoms with Gasteiger partial charge in [-0.15, -0.1) is 0 Å². The first-order valence-corrected chi connectivity index (χ1v) is 7.02. The van der Waals surface area contributed by atoms with E-state index >= 15 is 0 Å². The Kier molecular flexibility index (Phi) is 6.46. The van der Waals surface area contributed by atoms with Crippen LogP contribution < -0.4 is 5.32 Å². The van der Waals surface area contributed by atoms with E-state index < -0.39 is 0 Å². The normalized spacial score (nSPS) is 13.3. The van der Waals surface area contributed by atoms with Gasteiger partial charge in [-0.05, 0) is 56.6 Å². The number of likely N-dealkylation sites (N-methyl/N-ethyl adjacent to an activating group) is 1. The Morgan fingerprint density at radius 3 is 2.53 bits per heavy atom. The van der Waals surface area contributed by atoms with Gasteiger partial charge in [0, 0.05) is 19.1 Å². The molecule has 19 heavy (non-hydrogen) atoms. The summed E-state index contributed by atoms with van der Waals surface area (Å²) in [6, 6.07) is 5.49. The fourth-order valence-corrected chi connectivity index (χ4v) is 2.22. The molecule has 0 aliphatic heterocycles. The van der Waals surface area contributed by atoms with Crippen LogP contribution in [-0.4, -0.2) is 31.6 Å². The van der Waals surface area contributed by atoms with Crippen LogP contribution in [0.3, 0.4) is 0 Å². The minimum atomic E-state index is -0.159. The van der Waals surface area contributed by atoms with Gasteiger partial charge >= 0.3 is 0 Å². The molecule has 0 aliphatic rings. The number of benzene rings is 1. The molecule has 1 N–H and O–H groups in total. The number of nitrogens with zero attached hydrogens (tertiary/aromatic N) is 1. The molecule has 0 aromatic heterocycles. The van der Waals surface area contributed by atoms with Gasteiger partial charge in [0.1, 0.15) is 5.82 Å². The SMILES string of the molecule is Cc1ccc(F)cc1CNCC(CC(C)C)N(C)C. The largest absolute Gasteiger partial charge is 0.311 e. The van der Waals surface area contributed by atoms with Gasteiger partial charge in [0.25, 0.3) is 0 Å². The lowest BCUT2D eigenvalue weighted by molar-refractivity contribution is 0.246. The Balaban J connectivity index is 2.49. The summed E-state index contributed by atoms with van der Waals surface area (Å²) in [4.78, 5) is 2.26. The maximum atomic E-state index is 13.2. The molecule has 1 aromatic carbocycles. The van der Waals surface area contributed by atoms with Gasteiger partial charge in [0.15, 0.2) is 0 Å². The van der Waals surface area contributed by atoms with Crippen molar-refractivity contribution in [1.82, 2.24) is 10.2 Å². The van der Waals surface area contributed by atoms with Crippen LogP contribution in [-0.2, 0) is 6.54 Å². The highest BCUT2D eigenvalue weighted by molar-refractivity contribution is 5.26. The van der Waals surface area contributed by atoms with Crippen LogP contribution in [0.1, 0.15) is 31.4 Å². The van der Waals surface area contributed by atoms with E-state index in [9.17, 15) is 4.39 Å². The maximum Gasteiger partial charge on any atom is 0.123 e. The predicted octanol–water partition coefficient (Wildman–Crippen LogP) is 3.20. The Labute approximate surface area is 117 Å². The Morgan fingerprint density at radius 2 is 1.95 bits per heavy atom. The molecule has 2 nitrogen and oxygen atoms in total. The van der Waals surface area contributed by atoms with Crippen molar-refractivity contribution in [1.29, 1.82) is 0 Å². The first-order valence-electron chi connectivity index (χ1n) is 7.02. The van der Waals surface area contributed by atoms with Crippen molar-refractivity contribution in [3.8, 4) is 0 Å². The molecule has 3 heteroatoms. The summed E-state index contributed by atoms with van der Waals surface area (Å²) in [5, 5.41) is 3.45. The average Bonchev–Trinajstić information content (AvgIpc) is 2.31. The van der Waals surface area contributed by atoms with E-state index in [1.807, 2.05) is 13.0 Å². The summed E-state index contributed by atoms with van der Waals surface area (Å²) in [6.45, 7) is 8.17. The second-order valence-corrected chi connectivity index (χ2v) is 5.95. The molecule has 0 radical (unpaired) electrons. The second kappa shape index (κ2) is 7.61. The number of hydrogen-bond acceptors (Lipinski definition) is 2. The predicted molar refractivity (Wildman–Crippen MR) is 79.8 cm³/mol. The molecule has 0 spiro atoms. The summed E-state index contributed by atoms with van der Waals surface area (Å²) >= 11 is 0. The molecule has 0 saturated carbocycles. The molecule has 0 heterocycles. The van der Waals surface area contributed by atoms with Crippen molar-refractivity contribution in [2.75, 3.05) is 20.6 Å². The topological polar surface area (TPSA) is 15.3 Å². The fourth-order valence-electron chi connectivity index (χ4n) is 2.22. The monoisotopic (exact) mass is 266 g/mol. The van der Waals surface area contributed by atoms with E-state index in [2.05, 4.69) is 38.2 Å². The van der Waals surface area contributed by atoms with Gasteiger partial charge < -0.3 is 10.2 Å². The molecule has 1 unspecified atom stereocenters. The summed E-state index contributed by atoms with van der Waals surface area (Å²) in [5.41, 5.74) is 2.18. The van der Waals surface area contributed by atoms with Crippen LogP contribution in [0.5, 0.6) is 0 Å². The molecular weight excluding hydrogens is 239 g/mol. The van der Waals surface area contributed by atoms with Crippen molar-refractivity contribution in [2.45, 2.75) is 39.8 Å². The zero-order valence-electron chi connectivity index (χ0n) is 12.8. The van der Waals surface area contributed by atoms with Crippen molar-refractivity contribution in [2.24, 2.45) is 5.92 Å². The molecule has 0 fully saturated rings. The number of nitrogens with one attached hydrogen (secondary N) is 1. The van der Waals surface area contributed by atoms with Crippen molar-refractivity contribution >= 4 is 0 Å². The minimum absolute atomic E-state index is 0.159. The summed E-state index contributed by atoms with van der Waals surface area (Å²) in [6.07, 6.45) is 1.17. The molecule has 0 bridgehead atoms. The van der Waals surface area contributed by atoms with E-state index in [4.69, 9.17) is 0 Å². The highest BCUT2D eigenvalue weighted by Crippen LogP contribution is 2.11. The van der Waals surface area contributed by atoms with E-state index in [0.717, 1.165) is 24.2 Å². The van der Waals surface area contributed by atoms with Crippen molar-refractivity contribution < 1.29 is 4.39 Å². The van der Waals surface area contributed by atoms with E-state index in [-0.39, 0.29) is 5.82 Å². The standard InChI is InChI=1S/C16H27FN2/c1-12(2)8-16(19(4)5)11-18-10-14-9-15(17)7-6-13(14)3/h6-7,9,12,16,18H,8,10-11H2,1-5H3. The second-order valence-electron chi connectivity index (χ2n) is 5.95. The van der Waals surface area contributed by atoms with Crippen LogP contribution in [0.4, 0.5) is 4.39 Å². The Bertz CT molecular complexity index is 388. The molecule has 1 atom stereocenters. The smallest absolute Gasteiger partial charge is 0.123 e. The number of aryl methyl sites for hydroxylation is 1. The van der Waals surface area contributed by atoms with E-state index in [0.29, 0.717) is 12.0 Å². The van der Waals surface area contributed by atoms with Crippen LogP contribution in [0, 0.1) is 18.7 Å². The highest BCUT2D eigenvalue weighted by Gasteiger charge is 2.12. The molecule has 0 amide bonds. The van der Waals surface area contributed by atoms with Crippen LogP contribution in [0.15, 0.2) is 18.2 Å². The summed E-state index contributed by atoms with van der Waals surface area (Å²) in [5.74, 6) is 0.527. The Hall–Kier alpha value is -0.930. The lowest BCUT2D eigenvalue weighted by Crippen LogP contribution is -2.38. The molecule has 0 saturated heterocycles. The van der Waals surface area contributed by atoms with Crippen LogP contribution in [0.25, 0.3) is 0 Å². The zero-order valence-corrected chi connectivity index (χ0v) is 12.8. The first-order chi connectivity index (χ1) is 8.90. The van der Waals surface area contributed by atoms with Gasteiger partial charge in [-0.1, -0.05) is 19.9 Å². The summed E-state index contributed by atoms with van der Waals surface area (Å²) < 4.78 is 13.2.